The number of fused-ring (bicyclic) bond motifs is 1. The highest BCUT2D eigenvalue weighted by Crippen LogP contribution is 2.35. The van der Waals surface area contributed by atoms with Gasteiger partial charge in [-0.3, -0.25) is 14.9 Å². The number of aromatic amines is 1. The maximum Gasteiger partial charge on any atom is 0.275 e. The van der Waals surface area contributed by atoms with Gasteiger partial charge in [0.15, 0.2) is 0 Å². The molecule has 1 atom stereocenters. The van der Waals surface area contributed by atoms with Crippen molar-refractivity contribution in [2.24, 2.45) is 0 Å². The van der Waals surface area contributed by atoms with Gasteiger partial charge in [-0.1, -0.05) is 43.7 Å². The van der Waals surface area contributed by atoms with E-state index in [9.17, 15) is 4.79 Å². The van der Waals surface area contributed by atoms with Crippen molar-refractivity contribution in [3.05, 3.63) is 82.9 Å². The van der Waals surface area contributed by atoms with E-state index in [0.717, 1.165) is 43.4 Å². The number of hydrogen-bond acceptors (Lipinski definition) is 3. The molecule has 3 aromatic rings. The van der Waals surface area contributed by atoms with Crippen LogP contribution in [0.1, 0.15) is 65.1 Å². The van der Waals surface area contributed by atoms with Gasteiger partial charge in [0, 0.05) is 24.6 Å². The summed E-state index contributed by atoms with van der Waals surface area (Å²) in [5.74, 6) is -0.0239. The van der Waals surface area contributed by atoms with Crippen LogP contribution in [0, 0.1) is 0 Å². The highest BCUT2D eigenvalue weighted by Gasteiger charge is 2.31. The monoisotopic (exact) mass is 374 g/mol. The molecule has 0 fully saturated rings. The number of nitrogens with zero attached hydrogens (tertiary/aromatic N) is 3. The molecule has 144 valence electrons. The number of nitrogens with one attached hydrogen (secondary N) is 1. The van der Waals surface area contributed by atoms with E-state index in [0.29, 0.717) is 12.2 Å². The normalized spacial score (nSPS) is 15.8. The van der Waals surface area contributed by atoms with Crippen LogP contribution in [-0.4, -0.2) is 26.0 Å². The van der Waals surface area contributed by atoms with Crippen molar-refractivity contribution in [1.29, 1.82) is 0 Å². The summed E-state index contributed by atoms with van der Waals surface area (Å²) in [6.07, 6.45) is 8.64. The molecule has 1 aliphatic carbocycles. The van der Waals surface area contributed by atoms with Gasteiger partial charge in [0.2, 0.25) is 0 Å². The van der Waals surface area contributed by atoms with Crippen LogP contribution in [0.15, 0.2) is 54.9 Å². The molecule has 0 saturated carbocycles. The summed E-state index contributed by atoms with van der Waals surface area (Å²) in [5.41, 5.74) is 5.14. The van der Waals surface area contributed by atoms with Gasteiger partial charge in [-0.05, 0) is 54.5 Å². The van der Waals surface area contributed by atoms with Crippen molar-refractivity contribution in [3.8, 4) is 0 Å². The second-order valence-electron chi connectivity index (χ2n) is 7.43. The Balaban J connectivity index is 1.69. The van der Waals surface area contributed by atoms with Gasteiger partial charge in [0.1, 0.15) is 5.69 Å². The second-order valence-corrected chi connectivity index (χ2v) is 7.43. The lowest BCUT2D eigenvalue weighted by Gasteiger charge is -2.35. The number of benzene rings is 1. The molecule has 2 aromatic heterocycles. The molecule has 1 amide bonds. The van der Waals surface area contributed by atoms with Gasteiger partial charge < -0.3 is 4.90 Å². The van der Waals surface area contributed by atoms with Gasteiger partial charge in [-0.25, -0.2) is 0 Å². The van der Waals surface area contributed by atoms with Gasteiger partial charge in [0.25, 0.3) is 5.91 Å². The summed E-state index contributed by atoms with van der Waals surface area (Å²) in [6.45, 7) is 2.65. The number of carbonyl (C=O) groups is 1. The van der Waals surface area contributed by atoms with Crippen LogP contribution in [0.5, 0.6) is 0 Å². The maximum absolute atomic E-state index is 13.5. The summed E-state index contributed by atoms with van der Waals surface area (Å²) in [6, 6.07) is 14.4. The first-order valence-electron chi connectivity index (χ1n) is 10.1. The Kier molecular flexibility index (Phi) is 5.51. The summed E-state index contributed by atoms with van der Waals surface area (Å²) in [4.78, 5) is 19.7. The lowest BCUT2D eigenvalue weighted by atomic mass is 9.86. The summed E-state index contributed by atoms with van der Waals surface area (Å²) in [5, 5.41) is 7.33. The molecule has 0 radical (unpaired) electrons. The number of rotatable bonds is 6. The van der Waals surface area contributed by atoms with Crippen molar-refractivity contribution in [2.75, 3.05) is 0 Å². The highest BCUT2D eigenvalue weighted by molar-refractivity contribution is 5.92. The molecule has 5 nitrogen and oxygen atoms in total. The predicted molar refractivity (Wildman–Crippen MR) is 109 cm³/mol. The number of aromatic nitrogens is 3. The molecule has 1 N–H and O–H groups in total. The molecule has 28 heavy (non-hydrogen) atoms. The number of H-pyrrole nitrogens is 1. The van der Waals surface area contributed by atoms with Crippen molar-refractivity contribution >= 4 is 5.91 Å². The molecule has 0 saturated heterocycles. The lowest BCUT2D eigenvalue weighted by molar-refractivity contribution is 0.0631. The molecule has 4 rings (SSSR count). The largest absolute Gasteiger partial charge is 0.326 e. The standard InChI is InChI=1S/C23H26N4O/c1-2-7-19-14-21(26-25-19)23(28)27(16-17-8-6-13-24-15-17)22-12-5-10-18-9-3-4-11-20(18)22/h3-4,6,8-9,11,13-15,22H,2,5,7,10,12,16H2,1H3,(H,25,26)/t22-/m0/s1. The molecule has 0 unspecified atom stereocenters. The summed E-state index contributed by atoms with van der Waals surface area (Å²) >= 11 is 0. The first-order valence-corrected chi connectivity index (χ1v) is 10.1. The van der Waals surface area contributed by atoms with E-state index in [1.54, 1.807) is 6.20 Å². The Morgan fingerprint density at radius 2 is 2.14 bits per heavy atom. The average molecular weight is 374 g/mol. The quantitative estimate of drug-likeness (QED) is 0.692. The van der Waals surface area contributed by atoms with E-state index >= 15 is 0 Å². The first kappa shape index (κ1) is 18.4. The lowest BCUT2D eigenvalue weighted by Crippen LogP contribution is -2.36. The van der Waals surface area contributed by atoms with Gasteiger partial charge in [-0.15, -0.1) is 0 Å². The zero-order valence-electron chi connectivity index (χ0n) is 16.3. The third-order valence-corrected chi connectivity index (χ3v) is 5.42. The Hall–Kier alpha value is -2.95. The highest BCUT2D eigenvalue weighted by atomic mass is 16.2. The minimum atomic E-state index is -0.0239. The van der Waals surface area contributed by atoms with E-state index in [1.807, 2.05) is 29.3 Å². The van der Waals surface area contributed by atoms with E-state index in [1.165, 1.54) is 11.1 Å². The van der Waals surface area contributed by atoms with Gasteiger partial charge in [-0.2, -0.15) is 5.10 Å². The van der Waals surface area contributed by atoms with E-state index < -0.39 is 0 Å². The molecular weight excluding hydrogens is 348 g/mol. The Morgan fingerprint density at radius 1 is 1.25 bits per heavy atom. The third kappa shape index (κ3) is 3.84. The van der Waals surface area contributed by atoms with Crippen LogP contribution in [0.2, 0.25) is 0 Å². The van der Waals surface area contributed by atoms with Crippen LogP contribution >= 0.6 is 0 Å². The van der Waals surface area contributed by atoms with Crippen molar-refractivity contribution < 1.29 is 4.79 Å². The van der Waals surface area contributed by atoms with Crippen molar-refractivity contribution in [1.82, 2.24) is 20.1 Å². The minimum absolute atomic E-state index is 0.0239. The third-order valence-electron chi connectivity index (χ3n) is 5.42. The zero-order chi connectivity index (χ0) is 19.3. The van der Waals surface area contributed by atoms with Crippen LogP contribution in [-0.2, 0) is 19.4 Å². The Labute approximate surface area is 165 Å². The van der Waals surface area contributed by atoms with Crippen molar-refractivity contribution in [2.45, 2.75) is 51.6 Å². The Morgan fingerprint density at radius 3 is 2.96 bits per heavy atom. The average Bonchev–Trinajstić information content (AvgIpc) is 3.21. The van der Waals surface area contributed by atoms with E-state index in [-0.39, 0.29) is 11.9 Å². The van der Waals surface area contributed by atoms with Crippen LogP contribution in [0.4, 0.5) is 0 Å². The predicted octanol–water partition coefficient (Wildman–Crippen LogP) is 4.48. The maximum atomic E-state index is 13.5. The molecule has 0 spiro atoms. The van der Waals surface area contributed by atoms with Crippen LogP contribution < -0.4 is 0 Å². The zero-order valence-corrected chi connectivity index (χ0v) is 16.3. The number of amides is 1. The number of hydrogen-bond donors (Lipinski definition) is 1. The fourth-order valence-electron chi connectivity index (χ4n) is 4.08. The van der Waals surface area contributed by atoms with Gasteiger partial charge in [0.05, 0.1) is 6.04 Å². The molecule has 1 aliphatic rings. The molecule has 5 heteroatoms. The fourth-order valence-corrected chi connectivity index (χ4v) is 4.08. The number of carbonyl (C=O) groups excluding carboxylic acids is 1. The van der Waals surface area contributed by atoms with Crippen LogP contribution in [0.3, 0.4) is 0 Å². The number of pyridine rings is 1. The first-order chi connectivity index (χ1) is 13.8. The summed E-state index contributed by atoms with van der Waals surface area (Å²) < 4.78 is 0. The summed E-state index contributed by atoms with van der Waals surface area (Å²) in [7, 11) is 0. The molecular formula is C23H26N4O. The minimum Gasteiger partial charge on any atom is -0.326 e. The fraction of sp³-hybridized carbons (Fsp3) is 0.348. The van der Waals surface area contributed by atoms with Crippen molar-refractivity contribution in [3.63, 3.8) is 0 Å². The second kappa shape index (κ2) is 8.38. The van der Waals surface area contributed by atoms with Gasteiger partial charge >= 0.3 is 0 Å². The molecule has 1 aromatic carbocycles. The molecule has 2 heterocycles. The Bertz CT molecular complexity index is 935. The molecule has 0 bridgehead atoms. The van der Waals surface area contributed by atoms with Crippen LogP contribution in [0.25, 0.3) is 0 Å². The topological polar surface area (TPSA) is 61.9 Å². The van der Waals surface area contributed by atoms with E-state index in [4.69, 9.17) is 0 Å². The smallest absolute Gasteiger partial charge is 0.275 e. The molecule has 0 aliphatic heterocycles. The number of aryl methyl sites for hydroxylation is 2. The SMILES string of the molecule is CCCc1cc(C(=O)N(Cc2cccnc2)[C@H]2CCCc3ccccc32)n[nH]1. The van der Waals surface area contributed by atoms with E-state index in [2.05, 4.69) is 46.4 Å².